The van der Waals surface area contributed by atoms with E-state index in [1.165, 1.54) is 0 Å². The van der Waals surface area contributed by atoms with Crippen LogP contribution >= 0.6 is 0 Å². The number of hydrogen-bond donors (Lipinski definition) is 2. The van der Waals surface area contributed by atoms with Gasteiger partial charge in [-0.2, -0.15) is 5.10 Å². The lowest BCUT2D eigenvalue weighted by molar-refractivity contribution is 0.0935. The van der Waals surface area contributed by atoms with E-state index in [-0.39, 0.29) is 5.91 Å². The standard InChI is InChI=1S/C26H24N4O3/c1-17-8-6-7-11-22(17)33-16-19-14-18(12-13-23(19)32-2)24-28-25-21(26(31)29-24)15-27-30(25)20-9-4-3-5-10-20/h3-15,24,28H,16H2,1-2H3,(H,29,31). The molecular weight excluding hydrogens is 416 g/mol. The Labute approximate surface area is 192 Å². The second-order valence-electron chi connectivity index (χ2n) is 7.83. The molecule has 7 heteroatoms. The molecule has 5 rings (SSSR count). The molecule has 1 aliphatic heterocycles. The number of nitrogens with zero attached hydrogens (tertiary/aromatic N) is 2. The monoisotopic (exact) mass is 440 g/mol. The highest BCUT2D eigenvalue weighted by Crippen LogP contribution is 2.31. The van der Waals surface area contributed by atoms with Crippen molar-refractivity contribution in [2.45, 2.75) is 19.7 Å². The number of aromatic nitrogens is 2. The van der Waals surface area contributed by atoms with Crippen LogP contribution < -0.4 is 20.1 Å². The van der Waals surface area contributed by atoms with Crippen molar-refractivity contribution in [2.24, 2.45) is 0 Å². The van der Waals surface area contributed by atoms with Crippen LogP contribution in [-0.4, -0.2) is 22.8 Å². The first-order valence-electron chi connectivity index (χ1n) is 10.7. The van der Waals surface area contributed by atoms with Crippen molar-refractivity contribution in [1.82, 2.24) is 15.1 Å². The lowest BCUT2D eigenvalue weighted by atomic mass is 10.1. The van der Waals surface area contributed by atoms with Gasteiger partial charge < -0.3 is 20.1 Å². The molecule has 7 nitrogen and oxygen atoms in total. The van der Waals surface area contributed by atoms with Crippen molar-refractivity contribution in [1.29, 1.82) is 0 Å². The normalized spacial score (nSPS) is 14.7. The van der Waals surface area contributed by atoms with Crippen molar-refractivity contribution in [3.63, 3.8) is 0 Å². The van der Waals surface area contributed by atoms with Gasteiger partial charge in [0, 0.05) is 5.56 Å². The molecule has 1 amide bonds. The highest BCUT2D eigenvalue weighted by Gasteiger charge is 2.29. The van der Waals surface area contributed by atoms with Crippen LogP contribution in [0.4, 0.5) is 5.82 Å². The zero-order valence-corrected chi connectivity index (χ0v) is 18.4. The average Bonchev–Trinajstić information content (AvgIpc) is 3.28. The topological polar surface area (TPSA) is 77.4 Å². The van der Waals surface area contributed by atoms with Crippen LogP contribution in [0.3, 0.4) is 0 Å². The van der Waals surface area contributed by atoms with E-state index in [1.54, 1.807) is 18.0 Å². The molecular formula is C26H24N4O3. The van der Waals surface area contributed by atoms with Crippen LogP contribution in [0.2, 0.25) is 0 Å². The Morgan fingerprint density at radius 2 is 1.76 bits per heavy atom. The van der Waals surface area contributed by atoms with Gasteiger partial charge >= 0.3 is 0 Å². The summed E-state index contributed by atoms with van der Waals surface area (Å²) in [6, 6.07) is 23.4. The highest BCUT2D eigenvalue weighted by atomic mass is 16.5. The van der Waals surface area contributed by atoms with E-state index in [0.29, 0.717) is 18.0 Å². The molecule has 33 heavy (non-hydrogen) atoms. The number of carbonyl (C=O) groups excluding carboxylic acids is 1. The smallest absolute Gasteiger partial charge is 0.258 e. The first-order chi connectivity index (χ1) is 16.1. The number of para-hydroxylation sites is 2. The zero-order chi connectivity index (χ0) is 22.8. The molecule has 0 aliphatic carbocycles. The Balaban J connectivity index is 1.43. The fourth-order valence-electron chi connectivity index (χ4n) is 3.93. The first-order valence-corrected chi connectivity index (χ1v) is 10.7. The van der Waals surface area contributed by atoms with Crippen LogP contribution in [0.1, 0.15) is 33.2 Å². The average molecular weight is 441 g/mol. The van der Waals surface area contributed by atoms with Crippen LogP contribution in [-0.2, 0) is 6.61 Å². The summed E-state index contributed by atoms with van der Waals surface area (Å²) in [5.74, 6) is 2.03. The summed E-state index contributed by atoms with van der Waals surface area (Å²) >= 11 is 0. The lowest BCUT2D eigenvalue weighted by Crippen LogP contribution is -2.38. The molecule has 2 N–H and O–H groups in total. The summed E-state index contributed by atoms with van der Waals surface area (Å²) in [5.41, 5.74) is 4.22. The van der Waals surface area contributed by atoms with Gasteiger partial charge in [-0.25, -0.2) is 4.68 Å². The number of benzene rings is 3. The quantitative estimate of drug-likeness (QED) is 0.457. The Bertz CT molecular complexity index is 1300. The summed E-state index contributed by atoms with van der Waals surface area (Å²) in [6.45, 7) is 2.35. The number of anilines is 1. The number of carbonyl (C=O) groups is 1. The molecule has 0 saturated carbocycles. The number of ether oxygens (including phenoxy) is 2. The predicted molar refractivity (Wildman–Crippen MR) is 126 cm³/mol. The Morgan fingerprint density at radius 1 is 0.970 bits per heavy atom. The van der Waals surface area contributed by atoms with E-state index in [4.69, 9.17) is 9.47 Å². The molecule has 0 bridgehead atoms. The van der Waals surface area contributed by atoms with Gasteiger partial charge in [0.15, 0.2) is 0 Å². The van der Waals surface area contributed by atoms with E-state index in [9.17, 15) is 4.79 Å². The number of nitrogens with one attached hydrogen (secondary N) is 2. The minimum Gasteiger partial charge on any atom is -0.496 e. The zero-order valence-electron chi connectivity index (χ0n) is 18.4. The van der Waals surface area contributed by atoms with Gasteiger partial charge in [-0.1, -0.05) is 42.5 Å². The third-order valence-corrected chi connectivity index (χ3v) is 5.69. The Hall–Kier alpha value is -4.26. The van der Waals surface area contributed by atoms with E-state index in [1.807, 2.05) is 79.7 Å². The maximum absolute atomic E-state index is 12.8. The summed E-state index contributed by atoms with van der Waals surface area (Å²) in [4.78, 5) is 12.8. The van der Waals surface area contributed by atoms with Gasteiger partial charge in [-0.3, -0.25) is 4.79 Å². The molecule has 1 aliphatic rings. The predicted octanol–water partition coefficient (Wildman–Crippen LogP) is 4.62. The molecule has 1 atom stereocenters. The number of amides is 1. The summed E-state index contributed by atoms with van der Waals surface area (Å²) in [6.07, 6.45) is 1.16. The van der Waals surface area contributed by atoms with Crippen molar-refractivity contribution in [3.05, 3.63) is 101 Å². The second kappa shape index (κ2) is 8.70. The summed E-state index contributed by atoms with van der Waals surface area (Å²) in [5, 5.41) is 10.9. The summed E-state index contributed by atoms with van der Waals surface area (Å²) < 4.78 is 13.3. The first kappa shape index (κ1) is 20.6. The van der Waals surface area contributed by atoms with Crippen LogP contribution in [0.25, 0.3) is 5.69 Å². The minimum atomic E-state index is -0.424. The lowest BCUT2D eigenvalue weighted by Gasteiger charge is -2.27. The fraction of sp³-hybridized carbons (Fsp3) is 0.154. The Kier molecular flexibility index (Phi) is 5.44. The van der Waals surface area contributed by atoms with E-state index in [2.05, 4.69) is 15.7 Å². The molecule has 4 aromatic rings. The number of methoxy groups -OCH3 is 1. The van der Waals surface area contributed by atoms with Gasteiger partial charge in [0.2, 0.25) is 0 Å². The molecule has 0 saturated heterocycles. The van der Waals surface area contributed by atoms with Crippen LogP contribution in [0.15, 0.2) is 79.0 Å². The van der Waals surface area contributed by atoms with Crippen molar-refractivity contribution >= 4 is 11.7 Å². The van der Waals surface area contributed by atoms with Crippen LogP contribution in [0.5, 0.6) is 11.5 Å². The second-order valence-corrected chi connectivity index (χ2v) is 7.83. The molecule has 1 aromatic heterocycles. The largest absolute Gasteiger partial charge is 0.496 e. The van der Waals surface area contributed by atoms with Gasteiger partial charge in [0.1, 0.15) is 35.7 Å². The van der Waals surface area contributed by atoms with E-state index in [0.717, 1.165) is 33.9 Å². The maximum Gasteiger partial charge on any atom is 0.258 e. The van der Waals surface area contributed by atoms with E-state index >= 15 is 0 Å². The van der Waals surface area contributed by atoms with Crippen molar-refractivity contribution in [3.8, 4) is 17.2 Å². The number of fused-ring (bicyclic) bond motifs is 1. The summed E-state index contributed by atoms with van der Waals surface area (Å²) in [7, 11) is 1.64. The molecule has 0 fully saturated rings. The third kappa shape index (κ3) is 4.01. The molecule has 0 radical (unpaired) electrons. The van der Waals surface area contributed by atoms with Crippen LogP contribution in [0, 0.1) is 6.92 Å². The van der Waals surface area contributed by atoms with Gasteiger partial charge in [-0.05, 0) is 48.4 Å². The highest BCUT2D eigenvalue weighted by molar-refractivity contribution is 6.01. The third-order valence-electron chi connectivity index (χ3n) is 5.69. The molecule has 3 aromatic carbocycles. The minimum absolute atomic E-state index is 0.176. The van der Waals surface area contributed by atoms with Crippen molar-refractivity contribution < 1.29 is 14.3 Å². The Morgan fingerprint density at radius 3 is 2.55 bits per heavy atom. The number of rotatable bonds is 6. The van der Waals surface area contributed by atoms with Crippen molar-refractivity contribution in [2.75, 3.05) is 12.4 Å². The number of aryl methyl sites for hydroxylation is 1. The number of hydrogen-bond acceptors (Lipinski definition) is 5. The SMILES string of the molecule is COc1ccc(C2NC(=O)c3cnn(-c4ccccc4)c3N2)cc1COc1ccccc1C. The maximum atomic E-state index is 12.8. The van der Waals surface area contributed by atoms with Gasteiger partial charge in [0.05, 0.1) is 19.0 Å². The molecule has 166 valence electrons. The van der Waals surface area contributed by atoms with E-state index < -0.39 is 6.17 Å². The molecule has 1 unspecified atom stereocenters. The van der Waals surface area contributed by atoms with Gasteiger partial charge in [0.25, 0.3) is 5.91 Å². The molecule has 0 spiro atoms. The fourth-order valence-corrected chi connectivity index (χ4v) is 3.93. The molecule has 2 heterocycles. The van der Waals surface area contributed by atoms with Gasteiger partial charge in [-0.15, -0.1) is 0 Å².